The smallest absolute Gasteiger partial charge is 0.374 e. The monoisotopic (exact) mass is 360 g/mol. The summed E-state index contributed by atoms with van der Waals surface area (Å²) in [6.07, 6.45) is 3.58. The Bertz CT molecular complexity index is 1170. The number of aromatic nitrogens is 1. The molecule has 0 saturated carbocycles. The molecule has 3 aromatic heterocycles. The summed E-state index contributed by atoms with van der Waals surface area (Å²) in [5, 5.41) is 9.39. The molecule has 132 valence electrons. The molecular weight excluding hydrogens is 347 g/mol. The molecule has 0 atom stereocenters. The van der Waals surface area contributed by atoms with Crippen LogP contribution in [-0.2, 0) is 11.3 Å². The Kier molecular flexibility index (Phi) is 4.19. The van der Waals surface area contributed by atoms with Crippen LogP contribution in [0.15, 0.2) is 71.4 Å². The highest BCUT2D eigenvalue weighted by molar-refractivity contribution is 5.87. The van der Waals surface area contributed by atoms with Crippen molar-refractivity contribution in [1.29, 1.82) is 5.26 Å². The summed E-state index contributed by atoms with van der Waals surface area (Å²) in [6, 6.07) is 16.5. The van der Waals surface area contributed by atoms with Gasteiger partial charge in [0, 0.05) is 23.5 Å². The average molecular weight is 360 g/mol. The Morgan fingerprint density at radius 1 is 1.15 bits per heavy atom. The standard InChI is InChI=1S/C21H13FN2O3/c22-16-6-4-14(5-7-16)19-8-9-20(27-19)21(25)26-13-15-12-24-10-2-1-3-18(24)17(15)11-23/h1-10,12H,13H2. The third-order valence-electron chi connectivity index (χ3n) is 4.17. The first-order valence-corrected chi connectivity index (χ1v) is 8.17. The number of nitriles is 1. The second-order valence-corrected chi connectivity index (χ2v) is 5.88. The van der Waals surface area contributed by atoms with Gasteiger partial charge in [0.05, 0.1) is 11.1 Å². The van der Waals surface area contributed by atoms with Gasteiger partial charge in [-0.2, -0.15) is 5.26 Å². The first-order chi connectivity index (χ1) is 13.2. The fraction of sp³-hybridized carbons (Fsp3) is 0.0476. The number of furan rings is 1. The Labute approximate surface area is 153 Å². The fourth-order valence-electron chi connectivity index (χ4n) is 2.85. The summed E-state index contributed by atoms with van der Waals surface area (Å²) >= 11 is 0. The maximum absolute atomic E-state index is 13.0. The number of ether oxygens (including phenoxy) is 1. The molecule has 0 saturated heterocycles. The molecule has 0 N–H and O–H groups in total. The molecule has 0 aliphatic heterocycles. The van der Waals surface area contributed by atoms with E-state index in [4.69, 9.17) is 9.15 Å². The molecule has 1 aromatic carbocycles. The maximum Gasteiger partial charge on any atom is 0.374 e. The van der Waals surface area contributed by atoms with Crippen LogP contribution in [0.2, 0.25) is 0 Å². The highest BCUT2D eigenvalue weighted by Gasteiger charge is 2.16. The van der Waals surface area contributed by atoms with E-state index in [0.717, 1.165) is 5.52 Å². The molecule has 0 radical (unpaired) electrons. The number of benzene rings is 1. The van der Waals surface area contributed by atoms with E-state index in [1.807, 2.05) is 24.4 Å². The van der Waals surface area contributed by atoms with E-state index in [1.54, 1.807) is 28.8 Å². The van der Waals surface area contributed by atoms with Crippen molar-refractivity contribution in [1.82, 2.24) is 4.40 Å². The van der Waals surface area contributed by atoms with Crippen LogP contribution in [0, 0.1) is 17.1 Å². The topological polar surface area (TPSA) is 67.6 Å². The molecule has 0 spiro atoms. The Morgan fingerprint density at radius 2 is 1.96 bits per heavy atom. The van der Waals surface area contributed by atoms with E-state index in [0.29, 0.717) is 22.5 Å². The van der Waals surface area contributed by atoms with Gasteiger partial charge in [0.1, 0.15) is 24.3 Å². The van der Waals surface area contributed by atoms with Crippen molar-refractivity contribution in [2.24, 2.45) is 0 Å². The van der Waals surface area contributed by atoms with E-state index < -0.39 is 5.97 Å². The summed E-state index contributed by atoms with van der Waals surface area (Å²) in [5.74, 6) is -0.508. The summed E-state index contributed by atoms with van der Waals surface area (Å²) in [5.41, 5.74) is 2.49. The van der Waals surface area contributed by atoms with Crippen LogP contribution < -0.4 is 0 Å². The lowest BCUT2D eigenvalue weighted by Crippen LogP contribution is -2.04. The van der Waals surface area contributed by atoms with Crippen LogP contribution in [0.3, 0.4) is 0 Å². The zero-order chi connectivity index (χ0) is 18.8. The number of esters is 1. The van der Waals surface area contributed by atoms with Gasteiger partial charge in [-0.05, 0) is 48.5 Å². The van der Waals surface area contributed by atoms with Crippen molar-refractivity contribution < 1.29 is 18.3 Å². The van der Waals surface area contributed by atoms with Crippen LogP contribution >= 0.6 is 0 Å². The van der Waals surface area contributed by atoms with Crippen LogP contribution in [0.1, 0.15) is 21.7 Å². The van der Waals surface area contributed by atoms with Crippen molar-refractivity contribution in [3.8, 4) is 17.4 Å². The molecule has 4 aromatic rings. The second kappa shape index (κ2) is 6.81. The highest BCUT2D eigenvalue weighted by Crippen LogP contribution is 2.24. The van der Waals surface area contributed by atoms with Crippen molar-refractivity contribution in [2.45, 2.75) is 6.61 Å². The lowest BCUT2D eigenvalue weighted by molar-refractivity contribution is 0.0437. The van der Waals surface area contributed by atoms with Crippen molar-refractivity contribution >= 4 is 11.5 Å². The number of carbonyl (C=O) groups is 1. The summed E-state index contributed by atoms with van der Waals surface area (Å²) in [7, 11) is 0. The van der Waals surface area contributed by atoms with E-state index >= 15 is 0 Å². The van der Waals surface area contributed by atoms with Gasteiger partial charge in [0.2, 0.25) is 5.76 Å². The van der Waals surface area contributed by atoms with E-state index in [1.165, 1.54) is 18.2 Å². The van der Waals surface area contributed by atoms with Gasteiger partial charge < -0.3 is 13.6 Å². The largest absolute Gasteiger partial charge is 0.455 e. The Hall–Kier alpha value is -3.85. The highest BCUT2D eigenvalue weighted by atomic mass is 19.1. The van der Waals surface area contributed by atoms with Gasteiger partial charge in [-0.1, -0.05) is 6.07 Å². The predicted octanol–water partition coefficient (Wildman–Crippen LogP) is 4.57. The lowest BCUT2D eigenvalue weighted by atomic mass is 10.2. The lowest BCUT2D eigenvalue weighted by Gasteiger charge is -2.02. The molecule has 0 unspecified atom stereocenters. The first kappa shape index (κ1) is 16.6. The van der Waals surface area contributed by atoms with Crippen molar-refractivity contribution in [2.75, 3.05) is 0 Å². The van der Waals surface area contributed by atoms with Crippen LogP contribution in [0.25, 0.3) is 16.8 Å². The third-order valence-corrected chi connectivity index (χ3v) is 4.17. The SMILES string of the molecule is N#Cc1c(COC(=O)c2ccc(-c3ccc(F)cc3)o2)cn2ccccc12. The van der Waals surface area contributed by atoms with Gasteiger partial charge in [-0.3, -0.25) is 0 Å². The average Bonchev–Trinajstić information content (AvgIpc) is 3.31. The normalized spacial score (nSPS) is 10.7. The molecule has 0 amide bonds. The Morgan fingerprint density at radius 3 is 2.74 bits per heavy atom. The number of hydrogen-bond donors (Lipinski definition) is 0. The maximum atomic E-state index is 13.0. The molecule has 27 heavy (non-hydrogen) atoms. The third kappa shape index (κ3) is 3.18. The van der Waals surface area contributed by atoms with Gasteiger partial charge in [-0.15, -0.1) is 0 Å². The van der Waals surface area contributed by atoms with Gasteiger partial charge in [-0.25, -0.2) is 9.18 Å². The number of hydrogen-bond acceptors (Lipinski definition) is 4. The molecule has 0 fully saturated rings. The van der Waals surface area contributed by atoms with Crippen molar-refractivity contribution in [3.05, 3.63) is 89.7 Å². The van der Waals surface area contributed by atoms with E-state index in [2.05, 4.69) is 6.07 Å². The predicted molar refractivity (Wildman–Crippen MR) is 95.3 cm³/mol. The van der Waals surface area contributed by atoms with E-state index in [9.17, 15) is 14.4 Å². The van der Waals surface area contributed by atoms with E-state index in [-0.39, 0.29) is 18.2 Å². The van der Waals surface area contributed by atoms with Gasteiger partial charge >= 0.3 is 5.97 Å². The number of nitrogens with zero attached hydrogens (tertiary/aromatic N) is 2. The Balaban J connectivity index is 1.51. The molecular formula is C21H13FN2O3. The fourth-order valence-corrected chi connectivity index (χ4v) is 2.85. The summed E-state index contributed by atoms with van der Waals surface area (Å²) < 4.78 is 25.6. The zero-order valence-electron chi connectivity index (χ0n) is 14.1. The minimum atomic E-state index is -0.637. The number of halogens is 1. The zero-order valence-corrected chi connectivity index (χ0v) is 14.1. The number of pyridine rings is 1. The number of rotatable bonds is 4. The molecule has 5 nitrogen and oxygen atoms in total. The molecule has 4 rings (SSSR count). The van der Waals surface area contributed by atoms with Crippen LogP contribution in [0.4, 0.5) is 4.39 Å². The second-order valence-electron chi connectivity index (χ2n) is 5.88. The number of fused-ring (bicyclic) bond motifs is 1. The molecule has 3 heterocycles. The molecule has 0 bridgehead atoms. The van der Waals surface area contributed by atoms with Crippen LogP contribution in [-0.4, -0.2) is 10.4 Å². The van der Waals surface area contributed by atoms with Gasteiger partial charge in [0.25, 0.3) is 0 Å². The minimum Gasteiger partial charge on any atom is -0.455 e. The van der Waals surface area contributed by atoms with Crippen molar-refractivity contribution in [3.63, 3.8) is 0 Å². The first-order valence-electron chi connectivity index (χ1n) is 8.17. The van der Waals surface area contributed by atoms with Crippen LogP contribution in [0.5, 0.6) is 0 Å². The quantitative estimate of drug-likeness (QED) is 0.500. The molecule has 0 aliphatic carbocycles. The minimum absolute atomic E-state index is 0.0385. The summed E-state index contributed by atoms with van der Waals surface area (Å²) in [4.78, 5) is 12.3. The number of carbonyl (C=O) groups excluding carboxylic acids is 1. The molecule has 0 aliphatic rings. The van der Waals surface area contributed by atoms with Gasteiger partial charge in [0.15, 0.2) is 0 Å². The summed E-state index contributed by atoms with van der Waals surface area (Å²) in [6.45, 7) is -0.0456. The molecule has 6 heteroatoms.